The lowest BCUT2D eigenvalue weighted by molar-refractivity contribution is 0.0724. The van der Waals surface area contributed by atoms with Crippen LogP contribution in [0.1, 0.15) is 40.9 Å². The van der Waals surface area contributed by atoms with Gasteiger partial charge in [-0.2, -0.15) is 0 Å². The van der Waals surface area contributed by atoms with Crippen LogP contribution in [-0.4, -0.2) is 78.0 Å². The van der Waals surface area contributed by atoms with Crippen molar-refractivity contribution in [3.63, 3.8) is 0 Å². The maximum absolute atomic E-state index is 12.6. The zero-order valence-corrected chi connectivity index (χ0v) is 21.0. The summed E-state index contributed by atoms with van der Waals surface area (Å²) in [5.74, 6) is 1.06. The summed E-state index contributed by atoms with van der Waals surface area (Å²) >= 11 is 0. The van der Waals surface area contributed by atoms with Gasteiger partial charge >= 0.3 is 0 Å². The van der Waals surface area contributed by atoms with E-state index >= 15 is 0 Å². The van der Waals surface area contributed by atoms with Crippen LogP contribution in [0.25, 0.3) is 0 Å². The number of carbonyl (C=O) groups is 1. The van der Waals surface area contributed by atoms with E-state index in [0.29, 0.717) is 6.54 Å². The van der Waals surface area contributed by atoms with Gasteiger partial charge in [0.1, 0.15) is 6.26 Å². The van der Waals surface area contributed by atoms with Crippen molar-refractivity contribution < 1.29 is 9.32 Å². The number of piperidine rings is 1. The molecule has 0 atom stereocenters. The van der Waals surface area contributed by atoms with Gasteiger partial charge in [0.15, 0.2) is 5.96 Å². The second kappa shape index (κ2) is 12.2. The lowest BCUT2D eigenvalue weighted by atomic mass is 10.1. The molecule has 1 aromatic heterocycles. The number of carbonyl (C=O) groups excluding carboxylic acids is 1. The second-order valence-corrected chi connectivity index (χ2v) is 8.20. The van der Waals surface area contributed by atoms with Gasteiger partial charge in [0, 0.05) is 71.0 Å². The summed E-state index contributed by atoms with van der Waals surface area (Å²) in [6.45, 7) is 7.01. The van der Waals surface area contributed by atoms with Crippen LogP contribution in [0.4, 0.5) is 0 Å². The summed E-state index contributed by atoms with van der Waals surface area (Å²) in [6, 6.07) is 9.87. The number of halogens is 1. The molecule has 32 heavy (non-hydrogen) atoms. The summed E-state index contributed by atoms with van der Waals surface area (Å²) in [5, 5.41) is 7.46. The minimum Gasteiger partial charge on any atom is -0.364 e. The summed E-state index contributed by atoms with van der Waals surface area (Å²) in [5.41, 5.74) is 2.89. The Hall–Kier alpha value is -2.14. The van der Waals surface area contributed by atoms with Crippen LogP contribution in [0.2, 0.25) is 0 Å². The third-order valence-corrected chi connectivity index (χ3v) is 6.06. The number of rotatable bonds is 5. The fraction of sp³-hybridized carbons (Fsp3) is 0.522. The Balaban J connectivity index is 0.00000289. The van der Waals surface area contributed by atoms with Gasteiger partial charge in [-0.1, -0.05) is 17.3 Å². The van der Waals surface area contributed by atoms with Crippen molar-refractivity contribution >= 4 is 35.8 Å². The molecule has 8 nitrogen and oxygen atoms in total. The van der Waals surface area contributed by atoms with Crippen molar-refractivity contribution in [2.45, 2.75) is 32.4 Å². The van der Waals surface area contributed by atoms with Crippen molar-refractivity contribution in [2.75, 3.05) is 46.3 Å². The van der Waals surface area contributed by atoms with Crippen molar-refractivity contribution in [2.24, 2.45) is 4.99 Å². The zero-order valence-electron chi connectivity index (χ0n) is 18.7. The molecular formula is C23H33IN6O2. The Morgan fingerprint density at radius 2 is 1.72 bits per heavy atom. The van der Waals surface area contributed by atoms with Gasteiger partial charge in [0.25, 0.3) is 5.91 Å². The van der Waals surface area contributed by atoms with Crippen LogP contribution in [0.5, 0.6) is 0 Å². The van der Waals surface area contributed by atoms with Gasteiger partial charge in [0.05, 0.1) is 5.69 Å². The first-order valence-corrected chi connectivity index (χ1v) is 11.2. The van der Waals surface area contributed by atoms with Crippen LogP contribution >= 0.6 is 24.0 Å². The maximum atomic E-state index is 12.6. The number of piperazine rings is 1. The molecule has 9 heteroatoms. The number of benzene rings is 1. The van der Waals surface area contributed by atoms with E-state index in [4.69, 9.17) is 4.52 Å². The Bertz CT molecular complexity index is 857. The van der Waals surface area contributed by atoms with Gasteiger partial charge in [-0.25, -0.2) is 0 Å². The molecule has 0 spiro atoms. The molecule has 0 saturated carbocycles. The third kappa shape index (κ3) is 6.44. The molecule has 2 saturated heterocycles. The lowest BCUT2D eigenvalue weighted by Crippen LogP contribution is -2.52. The number of nitrogens with zero attached hydrogens (tertiary/aromatic N) is 5. The molecule has 2 fully saturated rings. The van der Waals surface area contributed by atoms with Crippen LogP contribution in [0.15, 0.2) is 46.1 Å². The molecule has 3 heterocycles. The average Bonchev–Trinajstić information content (AvgIpc) is 3.34. The van der Waals surface area contributed by atoms with E-state index in [-0.39, 0.29) is 29.9 Å². The monoisotopic (exact) mass is 552 g/mol. The fourth-order valence-electron chi connectivity index (χ4n) is 4.22. The SMILES string of the molecule is CN=C(NCc1ccc(C(=O)N2CCCCC2)cc1)N1CCN(Cc2ccon2)CC1.I. The summed E-state index contributed by atoms with van der Waals surface area (Å²) in [6.07, 6.45) is 5.07. The van der Waals surface area contributed by atoms with Crippen molar-refractivity contribution in [3.8, 4) is 0 Å². The maximum Gasteiger partial charge on any atom is 0.253 e. The highest BCUT2D eigenvalue weighted by Crippen LogP contribution is 2.14. The van der Waals surface area contributed by atoms with Gasteiger partial charge in [-0.05, 0) is 37.0 Å². The van der Waals surface area contributed by atoms with E-state index in [9.17, 15) is 4.79 Å². The summed E-state index contributed by atoms with van der Waals surface area (Å²) < 4.78 is 4.92. The summed E-state index contributed by atoms with van der Waals surface area (Å²) in [7, 11) is 1.82. The number of hydrogen-bond acceptors (Lipinski definition) is 5. The average molecular weight is 552 g/mol. The molecule has 4 rings (SSSR count). The Morgan fingerprint density at radius 3 is 2.34 bits per heavy atom. The standard InChI is InChI=1S/C23H32N6O2.HI/c1-24-23(29-14-12-27(13-15-29)18-21-9-16-31-26-21)25-17-19-5-7-20(8-6-19)22(30)28-10-3-2-4-11-28;/h5-9,16H,2-4,10-15,17-18H2,1H3,(H,24,25);1H. The number of aliphatic imine (C=N–C) groups is 1. The molecule has 2 aliphatic heterocycles. The van der Waals surface area contributed by atoms with Crippen molar-refractivity contribution in [1.82, 2.24) is 25.2 Å². The molecule has 2 aromatic rings. The number of guanidine groups is 1. The number of nitrogens with one attached hydrogen (secondary N) is 1. The van der Waals surface area contributed by atoms with E-state index in [2.05, 4.69) is 25.3 Å². The molecule has 0 radical (unpaired) electrons. The van der Waals surface area contributed by atoms with Gasteiger partial charge < -0.3 is 19.6 Å². The molecule has 0 aliphatic carbocycles. The largest absolute Gasteiger partial charge is 0.364 e. The Labute approximate surface area is 207 Å². The van der Waals surface area contributed by atoms with Gasteiger partial charge in [0.2, 0.25) is 0 Å². The molecule has 1 N–H and O–H groups in total. The predicted molar refractivity (Wildman–Crippen MR) is 135 cm³/mol. The van der Waals surface area contributed by atoms with E-state index < -0.39 is 0 Å². The first kappa shape index (κ1) is 24.5. The third-order valence-electron chi connectivity index (χ3n) is 6.06. The van der Waals surface area contributed by atoms with Crippen molar-refractivity contribution in [1.29, 1.82) is 0 Å². The molecular weight excluding hydrogens is 519 g/mol. The van der Waals surface area contributed by atoms with Crippen LogP contribution in [0, 0.1) is 0 Å². The Morgan fingerprint density at radius 1 is 1.00 bits per heavy atom. The topological polar surface area (TPSA) is 77.2 Å². The minimum atomic E-state index is 0. The van der Waals surface area contributed by atoms with E-state index in [1.807, 2.05) is 42.3 Å². The predicted octanol–water partition coefficient (Wildman–Crippen LogP) is 2.81. The highest BCUT2D eigenvalue weighted by Gasteiger charge is 2.21. The van der Waals surface area contributed by atoms with Crippen LogP contribution < -0.4 is 5.32 Å². The first-order valence-electron chi connectivity index (χ1n) is 11.2. The summed E-state index contributed by atoms with van der Waals surface area (Å²) in [4.78, 5) is 23.7. The number of likely N-dealkylation sites (tertiary alicyclic amines) is 1. The highest BCUT2D eigenvalue weighted by atomic mass is 127. The van der Waals surface area contributed by atoms with Crippen LogP contribution in [0.3, 0.4) is 0 Å². The van der Waals surface area contributed by atoms with Gasteiger partial charge in [-0.3, -0.25) is 14.7 Å². The molecule has 1 aromatic carbocycles. The molecule has 0 unspecified atom stereocenters. The smallest absolute Gasteiger partial charge is 0.253 e. The molecule has 174 valence electrons. The van der Waals surface area contributed by atoms with E-state index in [1.165, 1.54) is 6.42 Å². The minimum absolute atomic E-state index is 0. The van der Waals surface area contributed by atoms with Gasteiger partial charge in [-0.15, -0.1) is 24.0 Å². The van der Waals surface area contributed by atoms with Crippen LogP contribution in [-0.2, 0) is 13.1 Å². The van der Waals surface area contributed by atoms with Crippen molar-refractivity contribution in [3.05, 3.63) is 53.4 Å². The number of amides is 1. The lowest BCUT2D eigenvalue weighted by Gasteiger charge is -2.36. The number of hydrogen-bond donors (Lipinski definition) is 1. The number of aromatic nitrogens is 1. The highest BCUT2D eigenvalue weighted by molar-refractivity contribution is 14.0. The second-order valence-electron chi connectivity index (χ2n) is 8.20. The zero-order chi connectivity index (χ0) is 21.5. The molecule has 1 amide bonds. The Kier molecular flexibility index (Phi) is 9.34. The fourth-order valence-corrected chi connectivity index (χ4v) is 4.22. The van der Waals surface area contributed by atoms with E-state index in [1.54, 1.807) is 6.26 Å². The normalized spacial score (nSPS) is 17.7. The molecule has 2 aliphatic rings. The quantitative estimate of drug-likeness (QED) is 0.350. The molecule has 0 bridgehead atoms. The first-order chi connectivity index (χ1) is 15.2. The van der Waals surface area contributed by atoms with E-state index in [0.717, 1.165) is 81.4 Å².